The van der Waals surface area contributed by atoms with Crippen molar-refractivity contribution in [2.24, 2.45) is 0 Å². The van der Waals surface area contributed by atoms with Crippen LogP contribution in [0, 0.1) is 5.82 Å². The van der Waals surface area contributed by atoms with E-state index in [0.29, 0.717) is 12.1 Å². The Balaban J connectivity index is 2.29. The molecule has 110 valence electrons. The van der Waals surface area contributed by atoms with E-state index in [0.717, 1.165) is 24.2 Å². The van der Waals surface area contributed by atoms with Crippen molar-refractivity contribution >= 4 is 17.7 Å². The van der Waals surface area contributed by atoms with Gasteiger partial charge in [-0.3, -0.25) is 4.79 Å². The number of rotatable bonds is 5. The summed E-state index contributed by atoms with van der Waals surface area (Å²) in [6, 6.07) is 5.02. The highest BCUT2D eigenvalue weighted by Crippen LogP contribution is 2.27. The highest BCUT2D eigenvalue weighted by atomic mass is 32.2. The molecule has 5 nitrogen and oxygen atoms in total. The van der Waals surface area contributed by atoms with Crippen molar-refractivity contribution in [3.8, 4) is 0 Å². The quantitative estimate of drug-likeness (QED) is 0.830. The lowest BCUT2D eigenvalue weighted by molar-refractivity contribution is 0.0696. The summed E-state index contributed by atoms with van der Waals surface area (Å²) in [4.78, 5) is 29.3. The Morgan fingerprint density at radius 3 is 2.81 bits per heavy atom. The molecule has 7 heteroatoms. The lowest BCUT2D eigenvalue weighted by Gasteiger charge is -2.05. The Labute approximate surface area is 124 Å². The number of nitrogens with one attached hydrogen (secondary N) is 1. The van der Waals surface area contributed by atoms with E-state index in [1.807, 2.05) is 6.92 Å². The van der Waals surface area contributed by atoms with Crippen LogP contribution in [0.4, 0.5) is 4.39 Å². The summed E-state index contributed by atoms with van der Waals surface area (Å²) < 4.78 is 13.8. The first kappa shape index (κ1) is 15.2. The van der Waals surface area contributed by atoms with E-state index in [4.69, 9.17) is 5.11 Å². The number of H-pyrrole nitrogens is 1. The fourth-order valence-electron chi connectivity index (χ4n) is 1.74. The van der Waals surface area contributed by atoms with Gasteiger partial charge < -0.3 is 10.1 Å². The Kier molecular flexibility index (Phi) is 4.74. The maximum absolute atomic E-state index is 13.8. The van der Waals surface area contributed by atoms with Crippen molar-refractivity contribution in [3.63, 3.8) is 0 Å². The van der Waals surface area contributed by atoms with Crippen LogP contribution in [-0.4, -0.2) is 21.0 Å². The molecule has 2 rings (SSSR count). The average molecular weight is 308 g/mol. The molecule has 0 fully saturated rings. The molecule has 0 atom stereocenters. The third kappa shape index (κ3) is 3.91. The average Bonchev–Trinajstić information content (AvgIpc) is 2.40. The van der Waals surface area contributed by atoms with E-state index in [9.17, 15) is 14.0 Å². The van der Waals surface area contributed by atoms with Crippen molar-refractivity contribution in [3.05, 3.63) is 51.7 Å². The van der Waals surface area contributed by atoms with Gasteiger partial charge >= 0.3 is 5.97 Å². The molecule has 0 bridgehead atoms. The maximum Gasteiger partial charge on any atom is 0.335 e. The van der Waals surface area contributed by atoms with Gasteiger partial charge in [-0.2, -0.15) is 0 Å². The van der Waals surface area contributed by atoms with Gasteiger partial charge in [-0.15, -0.1) is 0 Å². The van der Waals surface area contributed by atoms with Crippen LogP contribution in [0.3, 0.4) is 0 Å². The van der Waals surface area contributed by atoms with E-state index in [2.05, 4.69) is 9.97 Å². The van der Waals surface area contributed by atoms with Crippen LogP contribution >= 0.6 is 11.8 Å². The molecule has 1 aromatic carbocycles. The normalized spacial score (nSPS) is 10.6. The van der Waals surface area contributed by atoms with Gasteiger partial charge in [0.15, 0.2) is 5.16 Å². The zero-order chi connectivity index (χ0) is 15.4. The molecule has 0 spiro atoms. The smallest absolute Gasteiger partial charge is 0.335 e. The van der Waals surface area contributed by atoms with E-state index in [-0.39, 0.29) is 21.2 Å². The van der Waals surface area contributed by atoms with Crippen LogP contribution in [-0.2, 0) is 6.42 Å². The lowest BCUT2D eigenvalue weighted by atomic mass is 10.2. The molecule has 1 aromatic heterocycles. The molecule has 0 unspecified atom stereocenters. The fourth-order valence-corrected chi connectivity index (χ4v) is 2.55. The number of aromatic amines is 1. The van der Waals surface area contributed by atoms with Gasteiger partial charge in [0.05, 0.1) is 10.5 Å². The SMILES string of the molecule is CCCc1cc(=O)[nH]c(Sc2ccc(C(=O)O)cc2F)n1. The third-order valence-corrected chi connectivity index (χ3v) is 3.60. The van der Waals surface area contributed by atoms with Crippen molar-refractivity contribution < 1.29 is 14.3 Å². The summed E-state index contributed by atoms with van der Waals surface area (Å²) in [5.74, 6) is -1.86. The van der Waals surface area contributed by atoms with Crippen molar-refractivity contribution in [1.29, 1.82) is 0 Å². The molecule has 0 radical (unpaired) electrons. The first-order valence-corrected chi connectivity index (χ1v) is 7.12. The zero-order valence-corrected chi connectivity index (χ0v) is 12.0. The molecule has 0 aliphatic carbocycles. The number of hydrogen-bond donors (Lipinski definition) is 2. The number of carboxylic acids is 1. The summed E-state index contributed by atoms with van der Waals surface area (Å²) in [6.45, 7) is 1.97. The summed E-state index contributed by atoms with van der Waals surface area (Å²) in [5, 5.41) is 9.07. The number of nitrogens with zero attached hydrogens (tertiary/aromatic N) is 1. The van der Waals surface area contributed by atoms with E-state index in [1.165, 1.54) is 18.2 Å². The predicted molar refractivity (Wildman–Crippen MR) is 76.3 cm³/mol. The largest absolute Gasteiger partial charge is 0.478 e. The number of halogens is 1. The monoisotopic (exact) mass is 308 g/mol. The first-order valence-electron chi connectivity index (χ1n) is 6.30. The number of aryl methyl sites for hydroxylation is 1. The zero-order valence-electron chi connectivity index (χ0n) is 11.2. The standard InChI is InChI=1S/C14H13FN2O3S/c1-2-3-9-7-12(18)17-14(16-9)21-11-5-4-8(13(19)20)6-10(11)15/h4-7H,2-3H2,1H3,(H,19,20)(H,16,17,18). The molecule has 0 aliphatic heterocycles. The van der Waals surface area contributed by atoms with Crippen LogP contribution < -0.4 is 5.56 Å². The second-order valence-electron chi connectivity index (χ2n) is 4.34. The van der Waals surface area contributed by atoms with Gasteiger partial charge in [0.1, 0.15) is 5.82 Å². The molecule has 0 aliphatic rings. The first-order chi connectivity index (χ1) is 9.99. The number of benzene rings is 1. The Bertz CT molecular complexity index is 730. The molecule has 0 saturated carbocycles. The van der Waals surface area contributed by atoms with Crippen LogP contribution in [0.2, 0.25) is 0 Å². The Morgan fingerprint density at radius 1 is 1.43 bits per heavy atom. The molecule has 0 saturated heterocycles. The van der Waals surface area contributed by atoms with Gasteiger partial charge in [0, 0.05) is 11.8 Å². The number of aromatic nitrogens is 2. The highest BCUT2D eigenvalue weighted by molar-refractivity contribution is 7.99. The van der Waals surface area contributed by atoms with E-state index < -0.39 is 11.8 Å². The van der Waals surface area contributed by atoms with Crippen LogP contribution in [0.15, 0.2) is 39.1 Å². The molecular weight excluding hydrogens is 295 g/mol. The van der Waals surface area contributed by atoms with Crippen molar-refractivity contribution in [2.75, 3.05) is 0 Å². The van der Waals surface area contributed by atoms with Crippen molar-refractivity contribution in [1.82, 2.24) is 9.97 Å². The molecule has 0 amide bonds. The second-order valence-corrected chi connectivity index (χ2v) is 5.37. The number of carbonyl (C=O) groups is 1. The Hall–Kier alpha value is -2.15. The second kappa shape index (κ2) is 6.53. The van der Waals surface area contributed by atoms with Gasteiger partial charge in [-0.25, -0.2) is 14.2 Å². The minimum Gasteiger partial charge on any atom is -0.478 e. The summed E-state index contributed by atoms with van der Waals surface area (Å²) in [7, 11) is 0. The van der Waals surface area contributed by atoms with Gasteiger partial charge in [-0.1, -0.05) is 13.3 Å². The van der Waals surface area contributed by atoms with E-state index >= 15 is 0 Å². The molecule has 21 heavy (non-hydrogen) atoms. The molecule has 1 heterocycles. The molecular formula is C14H13FN2O3S. The number of carboxylic acid groups (broad SMARTS) is 1. The minimum atomic E-state index is -1.19. The summed E-state index contributed by atoms with van der Waals surface area (Å²) >= 11 is 0.954. The Morgan fingerprint density at radius 2 is 2.19 bits per heavy atom. The highest BCUT2D eigenvalue weighted by Gasteiger charge is 2.11. The van der Waals surface area contributed by atoms with Crippen LogP contribution in [0.25, 0.3) is 0 Å². The molecule has 2 N–H and O–H groups in total. The number of hydrogen-bond acceptors (Lipinski definition) is 4. The van der Waals surface area contributed by atoms with Crippen LogP contribution in [0.5, 0.6) is 0 Å². The third-order valence-electron chi connectivity index (χ3n) is 2.66. The van der Waals surface area contributed by atoms with Crippen molar-refractivity contribution in [2.45, 2.75) is 29.8 Å². The van der Waals surface area contributed by atoms with E-state index in [1.54, 1.807) is 0 Å². The lowest BCUT2D eigenvalue weighted by Crippen LogP contribution is -2.10. The van der Waals surface area contributed by atoms with Gasteiger partial charge in [0.25, 0.3) is 5.56 Å². The van der Waals surface area contributed by atoms with Crippen LogP contribution in [0.1, 0.15) is 29.4 Å². The molecule has 2 aromatic rings. The van der Waals surface area contributed by atoms with Gasteiger partial charge in [0.2, 0.25) is 0 Å². The summed E-state index contributed by atoms with van der Waals surface area (Å²) in [5.41, 5.74) is 0.225. The summed E-state index contributed by atoms with van der Waals surface area (Å²) in [6.07, 6.45) is 1.51. The predicted octanol–water partition coefficient (Wildman–Crippen LogP) is 2.71. The number of aromatic carboxylic acids is 1. The topological polar surface area (TPSA) is 83.0 Å². The van der Waals surface area contributed by atoms with Gasteiger partial charge in [-0.05, 0) is 36.4 Å². The fraction of sp³-hybridized carbons (Fsp3) is 0.214. The minimum absolute atomic E-state index is 0.127. The maximum atomic E-state index is 13.8.